The van der Waals surface area contributed by atoms with Crippen molar-refractivity contribution in [3.8, 4) is 0 Å². The molecule has 1 aromatic carbocycles. The Morgan fingerprint density at radius 2 is 1.92 bits per heavy atom. The van der Waals surface area contributed by atoms with Crippen LogP contribution in [-0.4, -0.2) is 81.6 Å². The first kappa shape index (κ1) is 27.4. The number of aromatic nitrogens is 1. The van der Waals surface area contributed by atoms with Gasteiger partial charge in [0.2, 0.25) is 10.0 Å². The highest BCUT2D eigenvalue weighted by molar-refractivity contribution is 7.89. The summed E-state index contributed by atoms with van der Waals surface area (Å²) in [7, 11) is -2.26. The number of aryl methyl sites for hydroxylation is 1. The minimum atomic E-state index is -3.64. The van der Waals surface area contributed by atoms with Crippen LogP contribution in [0.3, 0.4) is 0 Å². The maximum Gasteiger partial charge on any atom is 0.409 e. The number of hydrogen-bond acceptors (Lipinski definition) is 6. The first-order valence-electron chi connectivity index (χ1n) is 13.8. The molecule has 0 unspecified atom stereocenters. The number of rotatable bonds is 8. The lowest BCUT2D eigenvalue weighted by Gasteiger charge is -2.34. The SMILES string of the molecule is CCOC(=O)N1CCN(CCCc2c(C=C3C(=O)Nc4ccc(S(=O)(=O)NC)cc43)[nH]c3c2CCCC3)CC1. The van der Waals surface area contributed by atoms with Crippen LogP contribution in [0.2, 0.25) is 0 Å². The van der Waals surface area contributed by atoms with Crippen LogP contribution in [0.1, 0.15) is 54.3 Å². The molecule has 3 aliphatic rings. The van der Waals surface area contributed by atoms with Crippen LogP contribution in [-0.2, 0) is 38.8 Å². The molecule has 1 aliphatic carbocycles. The van der Waals surface area contributed by atoms with E-state index in [2.05, 4.69) is 19.9 Å². The van der Waals surface area contributed by atoms with E-state index in [1.54, 1.807) is 17.0 Å². The van der Waals surface area contributed by atoms with E-state index in [4.69, 9.17) is 4.74 Å². The minimum Gasteiger partial charge on any atom is -0.450 e. The van der Waals surface area contributed by atoms with Crippen molar-refractivity contribution in [3.63, 3.8) is 0 Å². The lowest BCUT2D eigenvalue weighted by molar-refractivity contribution is -0.110. The predicted molar refractivity (Wildman–Crippen MR) is 150 cm³/mol. The quantitative estimate of drug-likeness (QED) is 0.431. The van der Waals surface area contributed by atoms with Gasteiger partial charge in [0.15, 0.2) is 0 Å². The summed E-state index contributed by atoms with van der Waals surface area (Å²) in [6.07, 6.45) is 7.81. The fourth-order valence-corrected chi connectivity index (χ4v) is 6.53. The number of carbonyl (C=O) groups is 2. The Morgan fingerprint density at radius 3 is 2.67 bits per heavy atom. The third kappa shape index (κ3) is 5.75. The number of H-pyrrole nitrogens is 1. The van der Waals surface area contributed by atoms with E-state index in [-0.39, 0.29) is 16.9 Å². The standard InChI is InChI=1S/C28H37N5O5S/c1-3-38-28(35)33-15-13-32(14-16-33)12-6-8-21-20-7-4-5-9-24(20)30-26(21)18-23-22-17-19(39(36,37)29-2)10-11-25(22)31-27(23)34/h10-11,17-18,29-30H,3-9,12-16H2,1-2H3,(H,31,34). The van der Waals surface area contributed by atoms with Crippen LogP contribution in [0.5, 0.6) is 0 Å². The lowest BCUT2D eigenvalue weighted by Crippen LogP contribution is -2.49. The molecule has 2 aromatic rings. The zero-order chi connectivity index (χ0) is 27.6. The van der Waals surface area contributed by atoms with E-state index in [0.717, 1.165) is 63.9 Å². The number of fused-ring (bicyclic) bond motifs is 2. The third-order valence-corrected chi connectivity index (χ3v) is 9.30. The summed E-state index contributed by atoms with van der Waals surface area (Å²) in [5.74, 6) is -0.234. The van der Waals surface area contributed by atoms with Crippen molar-refractivity contribution in [1.82, 2.24) is 19.5 Å². The van der Waals surface area contributed by atoms with E-state index in [9.17, 15) is 18.0 Å². The van der Waals surface area contributed by atoms with Crippen LogP contribution in [0.4, 0.5) is 10.5 Å². The van der Waals surface area contributed by atoms with Gasteiger partial charge >= 0.3 is 6.09 Å². The van der Waals surface area contributed by atoms with E-state index >= 15 is 0 Å². The van der Waals surface area contributed by atoms with Gasteiger partial charge in [-0.1, -0.05) is 0 Å². The van der Waals surface area contributed by atoms with Crippen molar-refractivity contribution in [2.75, 3.05) is 51.7 Å². The van der Waals surface area contributed by atoms with Crippen LogP contribution in [0.25, 0.3) is 11.6 Å². The second-order valence-corrected chi connectivity index (χ2v) is 12.1. The van der Waals surface area contributed by atoms with Crippen molar-refractivity contribution in [1.29, 1.82) is 0 Å². The average molecular weight is 556 g/mol. The van der Waals surface area contributed by atoms with Gasteiger partial charge in [-0.25, -0.2) is 17.9 Å². The average Bonchev–Trinajstić information content (AvgIpc) is 3.45. The molecule has 2 aliphatic heterocycles. The summed E-state index contributed by atoms with van der Waals surface area (Å²) in [6, 6.07) is 4.70. The molecule has 11 heteroatoms. The number of hydrogen-bond donors (Lipinski definition) is 3. The van der Waals surface area contributed by atoms with Gasteiger partial charge in [-0.05, 0) is 94.4 Å². The van der Waals surface area contributed by atoms with Gasteiger partial charge in [-0.2, -0.15) is 0 Å². The molecule has 0 spiro atoms. The third-order valence-electron chi connectivity index (χ3n) is 7.88. The lowest BCUT2D eigenvalue weighted by atomic mass is 9.92. The summed E-state index contributed by atoms with van der Waals surface area (Å²) in [4.78, 5) is 32.8. The molecule has 0 saturated carbocycles. The Labute approximate surface area is 229 Å². The van der Waals surface area contributed by atoms with Gasteiger partial charge in [0.05, 0.1) is 17.1 Å². The van der Waals surface area contributed by atoms with Gasteiger partial charge < -0.3 is 19.9 Å². The van der Waals surface area contributed by atoms with Crippen molar-refractivity contribution in [3.05, 3.63) is 46.3 Å². The molecule has 0 radical (unpaired) electrons. The Bertz CT molecular complexity index is 1390. The van der Waals surface area contributed by atoms with Crippen molar-refractivity contribution in [2.45, 2.75) is 50.3 Å². The first-order valence-corrected chi connectivity index (χ1v) is 15.3. The monoisotopic (exact) mass is 555 g/mol. The molecule has 210 valence electrons. The maximum atomic E-state index is 13.0. The number of sulfonamides is 1. The second kappa shape index (κ2) is 11.5. The topological polar surface area (TPSA) is 124 Å². The van der Waals surface area contributed by atoms with Crippen LogP contribution in [0.15, 0.2) is 23.1 Å². The van der Waals surface area contributed by atoms with Crippen molar-refractivity contribution >= 4 is 39.4 Å². The molecule has 10 nitrogen and oxygen atoms in total. The van der Waals surface area contributed by atoms with Gasteiger partial charge in [-0.15, -0.1) is 0 Å². The van der Waals surface area contributed by atoms with Crippen molar-refractivity contribution < 1.29 is 22.7 Å². The number of amides is 2. The van der Waals surface area contributed by atoms with E-state index in [1.165, 1.54) is 29.9 Å². The van der Waals surface area contributed by atoms with Gasteiger partial charge in [0.1, 0.15) is 0 Å². The first-order chi connectivity index (χ1) is 18.8. The molecule has 2 amide bonds. The fourth-order valence-electron chi connectivity index (χ4n) is 5.77. The number of anilines is 1. The number of piperazine rings is 1. The van der Waals surface area contributed by atoms with E-state index in [1.807, 2.05) is 13.0 Å². The minimum absolute atomic E-state index is 0.125. The van der Waals surface area contributed by atoms with Gasteiger partial charge in [0.25, 0.3) is 5.91 Å². The van der Waals surface area contributed by atoms with Crippen LogP contribution >= 0.6 is 0 Å². The predicted octanol–water partition coefficient (Wildman–Crippen LogP) is 3.00. The summed E-state index contributed by atoms with van der Waals surface area (Å²) in [5, 5.41) is 2.87. The molecular weight excluding hydrogens is 518 g/mol. The number of nitrogens with one attached hydrogen (secondary N) is 3. The summed E-state index contributed by atoms with van der Waals surface area (Å²) in [6.45, 7) is 6.15. The normalized spacial score (nSPS) is 18.7. The largest absolute Gasteiger partial charge is 0.450 e. The van der Waals surface area contributed by atoms with Crippen LogP contribution < -0.4 is 10.0 Å². The Hall–Kier alpha value is -3.15. The number of aromatic amines is 1. The highest BCUT2D eigenvalue weighted by Crippen LogP contribution is 2.37. The van der Waals surface area contributed by atoms with Crippen LogP contribution in [0, 0.1) is 0 Å². The number of nitrogens with zero attached hydrogens (tertiary/aromatic N) is 2. The molecule has 0 bridgehead atoms. The number of benzene rings is 1. The Kier molecular flexibility index (Phi) is 8.11. The number of ether oxygens (including phenoxy) is 1. The summed E-state index contributed by atoms with van der Waals surface area (Å²) >= 11 is 0. The summed E-state index contributed by atoms with van der Waals surface area (Å²) < 4.78 is 32.2. The zero-order valence-electron chi connectivity index (χ0n) is 22.6. The molecular formula is C28H37N5O5S. The fraction of sp³-hybridized carbons (Fsp3) is 0.500. The van der Waals surface area contributed by atoms with Gasteiger partial charge in [-0.3, -0.25) is 9.69 Å². The highest BCUT2D eigenvalue weighted by atomic mass is 32.2. The Morgan fingerprint density at radius 1 is 1.15 bits per heavy atom. The Balaban J connectivity index is 1.34. The highest BCUT2D eigenvalue weighted by Gasteiger charge is 2.28. The smallest absolute Gasteiger partial charge is 0.409 e. The molecule has 1 saturated heterocycles. The summed E-state index contributed by atoms with van der Waals surface area (Å²) in [5.41, 5.74) is 6.47. The van der Waals surface area contributed by atoms with E-state index < -0.39 is 10.0 Å². The zero-order valence-corrected chi connectivity index (χ0v) is 23.5. The number of carbonyl (C=O) groups excluding carboxylic acids is 2. The molecule has 39 heavy (non-hydrogen) atoms. The molecule has 1 aromatic heterocycles. The molecule has 3 heterocycles. The molecule has 1 fully saturated rings. The van der Waals surface area contributed by atoms with Crippen molar-refractivity contribution in [2.24, 2.45) is 0 Å². The van der Waals surface area contributed by atoms with E-state index in [0.29, 0.717) is 36.5 Å². The molecule has 0 atom stereocenters. The van der Waals surface area contributed by atoms with Gasteiger partial charge in [0, 0.05) is 48.8 Å². The molecule has 5 rings (SSSR count). The second-order valence-electron chi connectivity index (χ2n) is 10.2. The molecule has 3 N–H and O–H groups in total. The maximum absolute atomic E-state index is 13.0.